The Bertz CT molecular complexity index is 379. The Hall–Kier alpha value is -1.10. The molecule has 0 amide bonds. The molecular formula is C18H31NO3. The molecule has 2 atom stereocenters. The van der Waals surface area contributed by atoms with Crippen molar-refractivity contribution in [3.63, 3.8) is 0 Å². The number of likely N-dealkylation sites (tertiary alicyclic amines) is 1. The SMILES string of the molecule is C=C/C(=C\C(=C)OCCC)CCCN1CCC(O)CC1CO. The molecular weight excluding hydrogens is 278 g/mol. The standard InChI is InChI=1S/C18H31NO3/c1-4-11-22-15(3)12-16(5-2)7-6-9-19-10-8-18(21)13-17(19)14-20/h5,12,17-18,20-21H,2-4,6-11,13-14H2,1H3/b16-12+. The summed E-state index contributed by atoms with van der Waals surface area (Å²) >= 11 is 0. The first-order chi connectivity index (χ1) is 10.6. The summed E-state index contributed by atoms with van der Waals surface area (Å²) in [4.78, 5) is 2.27. The first-order valence-electron chi connectivity index (χ1n) is 8.28. The van der Waals surface area contributed by atoms with E-state index >= 15 is 0 Å². The van der Waals surface area contributed by atoms with Crippen LogP contribution in [0.4, 0.5) is 0 Å². The number of hydrogen-bond donors (Lipinski definition) is 2. The molecule has 1 fully saturated rings. The normalized spacial score (nSPS) is 23.3. The summed E-state index contributed by atoms with van der Waals surface area (Å²) in [6.45, 7) is 12.4. The van der Waals surface area contributed by atoms with E-state index in [0.717, 1.165) is 44.3 Å². The maximum atomic E-state index is 9.67. The van der Waals surface area contributed by atoms with Crippen molar-refractivity contribution in [2.24, 2.45) is 0 Å². The number of allylic oxidation sites excluding steroid dienone is 3. The third-order valence-electron chi connectivity index (χ3n) is 4.03. The first kappa shape index (κ1) is 18.9. The number of aliphatic hydroxyl groups is 2. The second-order valence-electron chi connectivity index (χ2n) is 5.89. The summed E-state index contributed by atoms with van der Waals surface area (Å²) in [5.41, 5.74) is 1.12. The predicted octanol–water partition coefficient (Wildman–Crippen LogP) is 2.64. The van der Waals surface area contributed by atoms with Gasteiger partial charge in [-0.2, -0.15) is 0 Å². The average Bonchev–Trinajstić information content (AvgIpc) is 2.53. The van der Waals surface area contributed by atoms with Gasteiger partial charge in [0.2, 0.25) is 0 Å². The lowest BCUT2D eigenvalue weighted by Gasteiger charge is -2.36. The van der Waals surface area contributed by atoms with E-state index in [0.29, 0.717) is 18.8 Å². The highest BCUT2D eigenvalue weighted by molar-refractivity contribution is 5.24. The van der Waals surface area contributed by atoms with Crippen molar-refractivity contribution in [2.75, 3.05) is 26.3 Å². The van der Waals surface area contributed by atoms with Gasteiger partial charge in [-0.05, 0) is 50.3 Å². The summed E-state index contributed by atoms with van der Waals surface area (Å²) in [5.74, 6) is 0.686. The summed E-state index contributed by atoms with van der Waals surface area (Å²) in [7, 11) is 0. The predicted molar refractivity (Wildman–Crippen MR) is 90.6 cm³/mol. The molecule has 0 aromatic carbocycles. The van der Waals surface area contributed by atoms with Gasteiger partial charge in [0.15, 0.2) is 0 Å². The van der Waals surface area contributed by atoms with E-state index < -0.39 is 0 Å². The molecule has 1 saturated heterocycles. The average molecular weight is 309 g/mol. The van der Waals surface area contributed by atoms with E-state index in [1.54, 1.807) is 0 Å². The summed E-state index contributed by atoms with van der Waals surface area (Å²) in [5, 5.41) is 19.1. The molecule has 2 unspecified atom stereocenters. The fourth-order valence-electron chi connectivity index (χ4n) is 2.76. The summed E-state index contributed by atoms with van der Waals surface area (Å²) in [6.07, 6.45) is 7.87. The summed E-state index contributed by atoms with van der Waals surface area (Å²) < 4.78 is 5.48. The Kier molecular flexibility index (Phi) is 9.13. The molecule has 2 N–H and O–H groups in total. The number of hydrogen-bond acceptors (Lipinski definition) is 4. The first-order valence-corrected chi connectivity index (χ1v) is 8.28. The van der Waals surface area contributed by atoms with Gasteiger partial charge in [-0.3, -0.25) is 4.90 Å². The zero-order valence-electron chi connectivity index (χ0n) is 13.8. The molecule has 0 spiro atoms. The highest BCUT2D eigenvalue weighted by Gasteiger charge is 2.26. The van der Waals surface area contributed by atoms with Crippen molar-refractivity contribution < 1.29 is 14.9 Å². The van der Waals surface area contributed by atoms with Crippen LogP contribution < -0.4 is 0 Å². The molecule has 4 heteroatoms. The minimum atomic E-state index is -0.268. The molecule has 0 saturated carbocycles. The topological polar surface area (TPSA) is 52.9 Å². The Morgan fingerprint density at radius 2 is 2.23 bits per heavy atom. The number of piperidine rings is 1. The largest absolute Gasteiger partial charge is 0.494 e. The van der Waals surface area contributed by atoms with Crippen LogP contribution in [0.5, 0.6) is 0 Å². The number of nitrogens with zero attached hydrogens (tertiary/aromatic N) is 1. The Balaban J connectivity index is 2.38. The fourth-order valence-corrected chi connectivity index (χ4v) is 2.76. The zero-order chi connectivity index (χ0) is 16.4. The van der Waals surface area contributed by atoms with Gasteiger partial charge in [-0.1, -0.05) is 26.2 Å². The van der Waals surface area contributed by atoms with Crippen LogP contribution in [0.25, 0.3) is 0 Å². The molecule has 0 bridgehead atoms. The lowest BCUT2D eigenvalue weighted by molar-refractivity contribution is 0.0167. The molecule has 1 rings (SSSR count). The van der Waals surface area contributed by atoms with Gasteiger partial charge in [-0.25, -0.2) is 0 Å². The van der Waals surface area contributed by atoms with Crippen molar-refractivity contribution in [3.8, 4) is 0 Å². The molecule has 1 aliphatic rings. The quantitative estimate of drug-likeness (QED) is 0.481. The van der Waals surface area contributed by atoms with Gasteiger partial charge in [0.1, 0.15) is 5.76 Å². The zero-order valence-corrected chi connectivity index (χ0v) is 13.8. The van der Waals surface area contributed by atoms with E-state index in [-0.39, 0.29) is 18.8 Å². The van der Waals surface area contributed by atoms with Gasteiger partial charge in [-0.15, -0.1) is 0 Å². The van der Waals surface area contributed by atoms with Crippen LogP contribution in [0.1, 0.15) is 39.0 Å². The van der Waals surface area contributed by atoms with E-state index in [4.69, 9.17) is 4.74 Å². The van der Waals surface area contributed by atoms with Gasteiger partial charge in [0.25, 0.3) is 0 Å². The van der Waals surface area contributed by atoms with Gasteiger partial charge >= 0.3 is 0 Å². The van der Waals surface area contributed by atoms with E-state index in [9.17, 15) is 10.2 Å². The van der Waals surface area contributed by atoms with Crippen LogP contribution in [0.15, 0.2) is 36.6 Å². The molecule has 0 aromatic heterocycles. The summed E-state index contributed by atoms with van der Waals surface area (Å²) in [6, 6.07) is 0.0859. The van der Waals surface area contributed by atoms with Crippen molar-refractivity contribution in [3.05, 3.63) is 36.6 Å². The number of ether oxygens (including phenoxy) is 1. The number of aliphatic hydroxyl groups excluding tert-OH is 2. The molecule has 1 aliphatic heterocycles. The molecule has 1 heterocycles. The van der Waals surface area contributed by atoms with E-state index in [1.807, 2.05) is 12.2 Å². The number of rotatable bonds is 10. The second kappa shape index (κ2) is 10.6. The lowest BCUT2D eigenvalue weighted by atomic mass is 9.99. The Morgan fingerprint density at radius 3 is 2.86 bits per heavy atom. The Morgan fingerprint density at radius 1 is 1.45 bits per heavy atom. The van der Waals surface area contributed by atoms with E-state index in [2.05, 4.69) is 25.0 Å². The van der Waals surface area contributed by atoms with Gasteiger partial charge in [0.05, 0.1) is 19.3 Å². The lowest BCUT2D eigenvalue weighted by Crippen LogP contribution is -2.46. The maximum absolute atomic E-state index is 9.67. The van der Waals surface area contributed by atoms with Crippen LogP contribution in [-0.4, -0.2) is 53.6 Å². The Labute approximate surface area is 134 Å². The monoisotopic (exact) mass is 309 g/mol. The van der Waals surface area contributed by atoms with Crippen molar-refractivity contribution in [1.82, 2.24) is 4.90 Å². The van der Waals surface area contributed by atoms with Gasteiger partial charge < -0.3 is 14.9 Å². The highest BCUT2D eigenvalue weighted by Crippen LogP contribution is 2.19. The van der Waals surface area contributed by atoms with Crippen LogP contribution in [0.3, 0.4) is 0 Å². The molecule has 0 aliphatic carbocycles. The second-order valence-corrected chi connectivity index (χ2v) is 5.89. The maximum Gasteiger partial charge on any atom is 0.112 e. The van der Waals surface area contributed by atoms with Crippen LogP contribution in [-0.2, 0) is 4.74 Å². The smallest absolute Gasteiger partial charge is 0.112 e. The molecule has 22 heavy (non-hydrogen) atoms. The third-order valence-corrected chi connectivity index (χ3v) is 4.03. The molecule has 0 radical (unpaired) electrons. The van der Waals surface area contributed by atoms with E-state index in [1.165, 1.54) is 0 Å². The van der Waals surface area contributed by atoms with Crippen molar-refractivity contribution in [1.29, 1.82) is 0 Å². The highest BCUT2D eigenvalue weighted by atomic mass is 16.5. The van der Waals surface area contributed by atoms with Crippen LogP contribution in [0, 0.1) is 0 Å². The van der Waals surface area contributed by atoms with Crippen molar-refractivity contribution >= 4 is 0 Å². The molecule has 126 valence electrons. The van der Waals surface area contributed by atoms with Crippen LogP contribution in [0.2, 0.25) is 0 Å². The van der Waals surface area contributed by atoms with Crippen molar-refractivity contribution in [2.45, 2.75) is 51.2 Å². The fraction of sp³-hybridized carbons (Fsp3) is 0.667. The minimum Gasteiger partial charge on any atom is -0.494 e. The minimum absolute atomic E-state index is 0.0859. The third kappa shape index (κ3) is 6.77. The van der Waals surface area contributed by atoms with Crippen LogP contribution >= 0.6 is 0 Å². The van der Waals surface area contributed by atoms with Gasteiger partial charge in [0, 0.05) is 12.6 Å². The molecule has 4 nitrogen and oxygen atoms in total. The molecule has 0 aromatic rings.